The van der Waals surface area contributed by atoms with Crippen LogP contribution in [0.1, 0.15) is 125 Å². The molecule has 1 aromatic carbocycles. The number of aliphatic hydroxyl groups is 2. The van der Waals surface area contributed by atoms with Crippen LogP contribution in [0.4, 0.5) is 0 Å². The van der Waals surface area contributed by atoms with Crippen LogP contribution in [0.5, 0.6) is 0 Å². The Morgan fingerprint density at radius 3 is 1.41 bits per heavy atom. The largest absolute Gasteiger partial charge is 0.481 e. The Morgan fingerprint density at radius 1 is 0.494 bits per heavy atom. The van der Waals surface area contributed by atoms with Crippen LogP contribution in [-0.2, 0) is 64.0 Å². The maximum Gasteiger partial charge on any atom is 0.326 e. The molecule has 0 saturated carbocycles. The van der Waals surface area contributed by atoms with Crippen LogP contribution >= 0.6 is 0 Å². The third kappa shape index (κ3) is 26.0. The number of amides is 10. The van der Waals surface area contributed by atoms with Gasteiger partial charge in [-0.05, 0) is 93.2 Å². The van der Waals surface area contributed by atoms with E-state index in [-0.39, 0.29) is 62.8 Å². The molecule has 476 valence electrons. The smallest absolute Gasteiger partial charge is 0.326 e. The molecule has 0 radical (unpaired) electrons. The molecule has 0 aliphatic heterocycles. The second kappa shape index (κ2) is 36.8. The van der Waals surface area contributed by atoms with E-state index in [9.17, 15) is 78.0 Å². The van der Waals surface area contributed by atoms with Crippen molar-refractivity contribution in [1.29, 1.82) is 0 Å². The molecule has 0 aliphatic carbocycles. The van der Waals surface area contributed by atoms with Crippen molar-refractivity contribution in [1.82, 2.24) is 52.8 Å². The van der Waals surface area contributed by atoms with Crippen molar-refractivity contribution in [3.8, 4) is 0 Å². The van der Waals surface area contributed by atoms with Crippen LogP contribution in [-0.4, -0.2) is 177 Å². The number of aliphatic hydroxyl groups excluding tert-OH is 2. The molecule has 0 bridgehead atoms. The number of carbonyl (C=O) groups excluding carboxylic acids is 10. The molecular formula is C56H91N13O16. The van der Waals surface area contributed by atoms with Crippen molar-refractivity contribution in [2.75, 3.05) is 19.8 Å². The van der Waals surface area contributed by atoms with E-state index in [1.807, 2.05) is 19.9 Å². The molecule has 0 unspecified atom stereocenters. The monoisotopic (exact) mass is 1200 g/mol. The Balaban J connectivity index is 2.41. The highest BCUT2D eigenvalue weighted by atomic mass is 16.4. The Labute approximate surface area is 494 Å². The van der Waals surface area contributed by atoms with Crippen molar-refractivity contribution in [2.45, 2.75) is 186 Å². The summed E-state index contributed by atoms with van der Waals surface area (Å²) in [6.07, 6.45) is 0.217. The van der Waals surface area contributed by atoms with Gasteiger partial charge in [-0.15, -0.1) is 0 Å². The number of rotatable bonds is 40. The SMILES string of the molecule is CC(C)C[C@H](NC(=O)[C@H](CO)NC(=O)[C@@H](NC(=O)[C@H](CCCCN)NC(=O)[C@H](CCC(=O)O)NC(=O)[C@H](CC(C)C)NC(=O)[C@H](CO)NC(=O)[C@H](CCC(N)=O)NC(=O)[C@H](Cc1c[nH]c2ccccc12)NC(=O)[C@@H](N)CC(C)C)C(C)C)C(=O)O. The van der Waals surface area contributed by atoms with Crippen molar-refractivity contribution in [3.05, 3.63) is 36.0 Å². The summed E-state index contributed by atoms with van der Waals surface area (Å²) < 4.78 is 0. The zero-order valence-corrected chi connectivity index (χ0v) is 49.8. The number of hydrogen-bond acceptors (Lipinski definition) is 16. The standard InChI is InChI=1S/C56H91N13O16/c1-28(2)21-34(58)47(75)64-40(24-32-25-60-35-14-10-9-13-33(32)35)52(80)62-37(16-18-44(59)72)49(77)67-42(26-70)53(81)65-39(22-29(3)4)51(79)63-38(17-19-45(73)74)48(76)61-36(15-11-12-20-57)50(78)69-46(31(7)8)55(83)68-43(27-71)54(82)66-41(56(84)85)23-30(5)6/h9-10,13-14,25,28-31,34,36-43,46,60,70-71H,11-12,15-24,26-27,57-58H2,1-8H3,(H2,59,72)(H,61,76)(H,62,80)(H,63,79)(H,64,75)(H,65,81)(H,66,82)(H,67,77)(H,68,83)(H,69,78)(H,73,74)(H,84,85)/t34-,36-,37-,38-,39-,40-,41-,42-,43-,46-/m0/s1. The van der Waals surface area contributed by atoms with Crippen LogP contribution < -0.4 is 65.1 Å². The summed E-state index contributed by atoms with van der Waals surface area (Å²) in [5, 5.41) is 62.6. The van der Waals surface area contributed by atoms with Crippen molar-refractivity contribution >= 4 is 81.9 Å². The lowest BCUT2D eigenvalue weighted by Crippen LogP contribution is -2.61. The number of carboxylic acids is 2. The fourth-order valence-corrected chi connectivity index (χ4v) is 8.95. The topological polar surface area (TPSA) is 488 Å². The van der Waals surface area contributed by atoms with Crippen molar-refractivity contribution in [3.63, 3.8) is 0 Å². The molecule has 0 saturated heterocycles. The first-order valence-corrected chi connectivity index (χ1v) is 28.6. The van der Waals surface area contributed by atoms with E-state index in [4.69, 9.17) is 17.2 Å². The Bertz CT molecular complexity index is 2590. The quantitative estimate of drug-likeness (QED) is 0.0307. The highest BCUT2D eigenvalue weighted by Gasteiger charge is 2.37. The molecule has 0 fully saturated rings. The van der Waals surface area contributed by atoms with E-state index >= 15 is 0 Å². The van der Waals surface area contributed by atoms with Crippen molar-refractivity contribution < 1.29 is 78.0 Å². The average molecular weight is 1200 g/mol. The number of aromatic amines is 1. The minimum atomic E-state index is -1.82. The van der Waals surface area contributed by atoms with Gasteiger partial charge in [0.25, 0.3) is 0 Å². The minimum Gasteiger partial charge on any atom is -0.481 e. The number of carboxylic acid groups (broad SMARTS) is 2. The van der Waals surface area contributed by atoms with E-state index in [0.717, 1.165) is 10.9 Å². The highest BCUT2D eigenvalue weighted by molar-refractivity contribution is 5.99. The molecule has 10 atom stereocenters. The minimum absolute atomic E-state index is 0.0213. The van der Waals surface area contributed by atoms with Crippen LogP contribution in [0.25, 0.3) is 10.9 Å². The van der Waals surface area contributed by atoms with Gasteiger partial charge in [-0.1, -0.05) is 73.6 Å². The third-order valence-corrected chi connectivity index (χ3v) is 13.5. The molecule has 10 amide bonds. The molecule has 2 aromatic rings. The van der Waals surface area contributed by atoms with Crippen LogP contribution in [0.3, 0.4) is 0 Å². The molecule has 85 heavy (non-hydrogen) atoms. The Morgan fingerprint density at radius 2 is 0.918 bits per heavy atom. The second-order valence-electron chi connectivity index (χ2n) is 22.7. The number of primary amides is 1. The normalized spacial score (nSPS) is 15.0. The van der Waals surface area contributed by atoms with Gasteiger partial charge in [0.1, 0.15) is 54.4 Å². The molecule has 29 nitrogen and oxygen atoms in total. The predicted molar refractivity (Wildman–Crippen MR) is 311 cm³/mol. The third-order valence-electron chi connectivity index (χ3n) is 13.5. The van der Waals surface area contributed by atoms with Gasteiger partial charge in [-0.25, -0.2) is 4.79 Å². The number of aromatic nitrogens is 1. The van der Waals surface area contributed by atoms with Gasteiger partial charge >= 0.3 is 11.9 Å². The summed E-state index contributed by atoms with van der Waals surface area (Å²) in [5.41, 5.74) is 18.7. The average Bonchev–Trinajstić information content (AvgIpc) is 4.12. The first-order valence-electron chi connectivity index (χ1n) is 28.6. The molecule has 1 heterocycles. The van der Waals surface area contributed by atoms with Gasteiger partial charge in [0, 0.05) is 36.4 Å². The zero-order chi connectivity index (χ0) is 64.2. The molecule has 20 N–H and O–H groups in total. The summed E-state index contributed by atoms with van der Waals surface area (Å²) in [4.78, 5) is 163. The Kier molecular flexibility index (Phi) is 31.8. The predicted octanol–water partition coefficient (Wildman–Crippen LogP) is -2.48. The number of para-hydroxylation sites is 1. The van der Waals surface area contributed by atoms with Gasteiger partial charge in [-0.2, -0.15) is 0 Å². The summed E-state index contributed by atoms with van der Waals surface area (Å²) >= 11 is 0. The van der Waals surface area contributed by atoms with Gasteiger partial charge in [-0.3, -0.25) is 52.7 Å². The maximum absolute atomic E-state index is 14.2. The number of H-pyrrole nitrogens is 1. The maximum atomic E-state index is 14.2. The van der Waals surface area contributed by atoms with Gasteiger partial charge in [0.15, 0.2) is 0 Å². The summed E-state index contributed by atoms with van der Waals surface area (Å²) in [6, 6.07) is -7.59. The summed E-state index contributed by atoms with van der Waals surface area (Å²) in [6.45, 7) is 11.8. The number of fused-ring (bicyclic) bond motifs is 1. The molecule has 29 heteroatoms. The first-order chi connectivity index (χ1) is 39.9. The Hall–Kier alpha value is -7.76. The molecule has 0 spiro atoms. The zero-order valence-electron chi connectivity index (χ0n) is 49.8. The molecule has 0 aliphatic rings. The number of unbranched alkanes of at least 4 members (excludes halogenated alkanes) is 1. The van der Waals surface area contributed by atoms with Crippen LogP contribution in [0, 0.1) is 23.7 Å². The van der Waals surface area contributed by atoms with E-state index in [2.05, 4.69) is 52.8 Å². The number of nitrogens with one attached hydrogen (secondary N) is 10. The molecule has 2 rings (SSSR count). The fraction of sp³-hybridized carbons (Fsp3) is 0.643. The second-order valence-corrected chi connectivity index (χ2v) is 22.7. The van der Waals surface area contributed by atoms with Gasteiger partial charge < -0.3 is 90.5 Å². The summed E-state index contributed by atoms with van der Waals surface area (Å²) in [7, 11) is 0. The summed E-state index contributed by atoms with van der Waals surface area (Å²) in [5.74, 6) is -13.4. The van der Waals surface area contributed by atoms with E-state index < -0.39 is 176 Å². The van der Waals surface area contributed by atoms with Crippen molar-refractivity contribution in [2.24, 2.45) is 40.9 Å². The number of carbonyl (C=O) groups is 12. The molecular weight excluding hydrogens is 1110 g/mol. The number of benzene rings is 1. The van der Waals surface area contributed by atoms with Crippen LogP contribution in [0.2, 0.25) is 0 Å². The number of aliphatic carboxylic acids is 2. The number of nitrogens with two attached hydrogens (primary N) is 3. The van der Waals surface area contributed by atoms with Gasteiger partial charge in [0.05, 0.1) is 19.3 Å². The highest BCUT2D eigenvalue weighted by Crippen LogP contribution is 2.20. The number of hydrogen-bond donors (Lipinski definition) is 17. The fourth-order valence-electron chi connectivity index (χ4n) is 8.95. The van der Waals surface area contributed by atoms with Gasteiger partial charge in [0.2, 0.25) is 59.1 Å². The first kappa shape index (κ1) is 73.3. The molecule has 1 aromatic heterocycles. The lowest BCUT2D eigenvalue weighted by molar-refractivity contribution is -0.143. The van der Waals surface area contributed by atoms with E-state index in [1.54, 1.807) is 65.9 Å². The lowest BCUT2D eigenvalue weighted by Gasteiger charge is -2.29. The van der Waals surface area contributed by atoms with Crippen LogP contribution in [0.15, 0.2) is 30.5 Å². The van der Waals surface area contributed by atoms with E-state index in [0.29, 0.717) is 12.0 Å². The van der Waals surface area contributed by atoms with E-state index in [1.165, 1.54) is 0 Å². The lowest BCUT2D eigenvalue weighted by atomic mass is 10.00.